The Balaban J connectivity index is 2.06. The van der Waals surface area contributed by atoms with Crippen LogP contribution >= 0.6 is 0 Å². The fourth-order valence-corrected chi connectivity index (χ4v) is 4.07. The third-order valence-corrected chi connectivity index (χ3v) is 5.80. The second-order valence-electron chi connectivity index (χ2n) is 5.83. The zero-order chi connectivity index (χ0) is 18.9. The summed E-state index contributed by atoms with van der Waals surface area (Å²) in [5.41, 5.74) is 0.295. The third-order valence-electron chi connectivity index (χ3n) is 4.04. The number of sulfone groups is 1. The molecule has 0 fully saturated rings. The molecule has 0 saturated carbocycles. The average Bonchev–Trinajstić information content (AvgIpc) is 2.70. The largest absolute Gasteiger partial charge is 0.437 e. The van der Waals surface area contributed by atoms with Gasteiger partial charge in [0, 0.05) is 5.39 Å². The van der Waals surface area contributed by atoms with Crippen LogP contribution in [0.5, 0.6) is 0 Å². The van der Waals surface area contributed by atoms with E-state index in [1.807, 2.05) is 0 Å². The molecule has 0 atom stereocenters. The zero-order valence-electron chi connectivity index (χ0n) is 14.0. The topological polar surface area (TPSA) is 59.6 Å². The Labute approximate surface area is 155 Å². The third kappa shape index (κ3) is 3.27. The maximum atomic E-state index is 14.1. The Morgan fingerprint density at radius 2 is 1.48 bits per heavy atom. The van der Waals surface area contributed by atoms with Gasteiger partial charge in [0.05, 0.1) is 4.90 Å². The van der Waals surface area contributed by atoms with Crippen LogP contribution in [0, 0.1) is 5.82 Å². The van der Waals surface area contributed by atoms with Gasteiger partial charge in [0.15, 0.2) is 0 Å². The van der Waals surface area contributed by atoms with Crippen molar-refractivity contribution in [1.29, 1.82) is 0 Å². The summed E-state index contributed by atoms with van der Waals surface area (Å²) >= 11 is 0. The van der Waals surface area contributed by atoms with Gasteiger partial charge in [-0.1, -0.05) is 48.5 Å². The molecule has 0 saturated heterocycles. The molecule has 1 heterocycles. The van der Waals surface area contributed by atoms with Crippen molar-refractivity contribution in [2.75, 3.05) is 0 Å². The van der Waals surface area contributed by atoms with Gasteiger partial charge in [-0.15, -0.1) is 0 Å². The van der Waals surface area contributed by atoms with Crippen molar-refractivity contribution in [3.63, 3.8) is 0 Å². The minimum Gasteiger partial charge on any atom is -0.437 e. The fraction of sp³-hybridized carbons (Fsp3) is 0. The minimum absolute atomic E-state index is 0.000966. The van der Waals surface area contributed by atoms with Crippen molar-refractivity contribution in [2.24, 2.45) is 4.99 Å². The fourth-order valence-electron chi connectivity index (χ4n) is 2.70. The smallest absolute Gasteiger partial charge is 0.239 e. The minimum atomic E-state index is -3.90. The maximum absolute atomic E-state index is 14.1. The highest BCUT2D eigenvalue weighted by atomic mass is 32.2. The molecule has 4 rings (SSSR count). The van der Waals surface area contributed by atoms with Crippen LogP contribution in [0.15, 0.2) is 104 Å². The molecule has 0 aliphatic carbocycles. The van der Waals surface area contributed by atoms with Crippen molar-refractivity contribution < 1.29 is 17.2 Å². The van der Waals surface area contributed by atoms with Gasteiger partial charge < -0.3 is 4.42 Å². The van der Waals surface area contributed by atoms with Crippen LogP contribution in [0.3, 0.4) is 0 Å². The van der Waals surface area contributed by atoms with E-state index in [1.54, 1.807) is 48.5 Å². The van der Waals surface area contributed by atoms with E-state index in [0.29, 0.717) is 11.0 Å². The molecule has 6 heteroatoms. The Hall–Kier alpha value is -3.25. The van der Waals surface area contributed by atoms with E-state index in [1.165, 1.54) is 36.4 Å². The van der Waals surface area contributed by atoms with Crippen LogP contribution in [0.1, 0.15) is 0 Å². The Morgan fingerprint density at radius 3 is 2.26 bits per heavy atom. The Bertz CT molecular complexity index is 1300. The van der Waals surface area contributed by atoms with Crippen LogP contribution in [0.2, 0.25) is 0 Å². The van der Waals surface area contributed by atoms with Crippen molar-refractivity contribution in [3.8, 4) is 0 Å². The molecule has 0 spiro atoms. The van der Waals surface area contributed by atoms with Crippen LogP contribution in [0.4, 0.5) is 10.1 Å². The number of halogens is 1. The molecule has 0 N–H and O–H groups in total. The second kappa shape index (κ2) is 6.81. The predicted octanol–water partition coefficient (Wildman–Crippen LogP) is 4.64. The van der Waals surface area contributed by atoms with Gasteiger partial charge in [0.25, 0.3) is 0 Å². The number of hydrogen-bond acceptors (Lipinski definition) is 4. The molecule has 134 valence electrons. The lowest BCUT2D eigenvalue weighted by Gasteiger charge is -2.07. The lowest BCUT2D eigenvalue weighted by molar-refractivity contribution is 0.515. The molecule has 4 nitrogen and oxygen atoms in total. The Morgan fingerprint density at radius 1 is 0.815 bits per heavy atom. The molecule has 4 aromatic rings. The van der Waals surface area contributed by atoms with Crippen molar-refractivity contribution >= 4 is 26.5 Å². The summed E-state index contributed by atoms with van der Waals surface area (Å²) < 4.78 is 46.1. The molecular formula is C21H14FNO3S. The molecular weight excluding hydrogens is 365 g/mol. The summed E-state index contributed by atoms with van der Waals surface area (Å²) in [5.74, 6) is -0.566. The van der Waals surface area contributed by atoms with Gasteiger partial charge in [-0.05, 0) is 36.4 Å². The molecule has 1 aromatic heterocycles. The molecule has 0 radical (unpaired) electrons. The maximum Gasteiger partial charge on any atom is 0.239 e. The molecule has 3 aromatic carbocycles. The van der Waals surface area contributed by atoms with Gasteiger partial charge in [0.1, 0.15) is 22.0 Å². The highest BCUT2D eigenvalue weighted by Gasteiger charge is 2.22. The van der Waals surface area contributed by atoms with E-state index in [9.17, 15) is 12.8 Å². The van der Waals surface area contributed by atoms with Gasteiger partial charge in [-0.25, -0.2) is 17.8 Å². The van der Waals surface area contributed by atoms with E-state index in [2.05, 4.69) is 4.99 Å². The highest BCUT2D eigenvalue weighted by molar-refractivity contribution is 7.91. The number of para-hydroxylation sites is 2. The molecule has 0 aliphatic heterocycles. The molecule has 0 aliphatic rings. The lowest BCUT2D eigenvalue weighted by Crippen LogP contribution is -2.15. The summed E-state index contributed by atoms with van der Waals surface area (Å²) in [6, 6.07) is 22.4. The standard InChI is InChI=1S/C21H14FNO3S/c22-17-11-5-6-12-18(17)23-21-20(14-15-8-4-7-13-19(15)26-21)27(24,25)16-9-2-1-3-10-16/h1-14H. The summed E-state index contributed by atoms with van der Waals surface area (Å²) in [4.78, 5) is 4.16. The van der Waals surface area contributed by atoms with Crippen molar-refractivity contribution in [3.05, 3.63) is 96.3 Å². The van der Waals surface area contributed by atoms with E-state index in [-0.39, 0.29) is 21.0 Å². The molecule has 0 bridgehead atoms. The first-order valence-electron chi connectivity index (χ1n) is 8.18. The number of fused-ring (bicyclic) bond motifs is 1. The van der Waals surface area contributed by atoms with Crippen molar-refractivity contribution in [2.45, 2.75) is 9.79 Å². The highest BCUT2D eigenvalue weighted by Crippen LogP contribution is 2.23. The van der Waals surface area contributed by atoms with Crippen LogP contribution in [0.25, 0.3) is 11.0 Å². The summed E-state index contributed by atoms with van der Waals surface area (Å²) in [6.45, 7) is 0. The predicted molar refractivity (Wildman–Crippen MR) is 99.7 cm³/mol. The normalized spacial score (nSPS) is 12.4. The number of hydrogen-bond donors (Lipinski definition) is 0. The van der Waals surface area contributed by atoms with E-state index in [4.69, 9.17) is 4.42 Å². The SMILES string of the molecule is O=S(=O)(c1ccccc1)c1cc2ccccc2oc1=Nc1ccccc1F. The van der Waals surface area contributed by atoms with Crippen LogP contribution < -0.4 is 5.55 Å². The number of rotatable bonds is 3. The van der Waals surface area contributed by atoms with Crippen LogP contribution in [-0.2, 0) is 9.84 Å². The first-order chi connectivity index (χ1) is 13.1. The second-order valence-corrected chi connectivity index (χ2v) is 7.75. The van der Waals surface area contributed by atoms with Crippen molar-refractivity contribution in [1.82, 2.24) is 0 Å². The first-order valence-corrected chi connectivity index (χ1v) is 9.66. The van der Waals surface area contributed by atoms with E-state index < -0.39 is 15.7 Å². The Kier molecular flexibility index (Phi) is 4.33. The van der Waals surface area contributed by atoms with Gasteiger partial charge in [0.2, 0.25) is 15.4 Å². The van der Waals surface area contributed by atoms with Gasteiger partial charge >= 0.3 is 0 Å². The number of nitrogens with zero attached hydrogens (tertiary/aromatic N) is 1. The zero-order valence-corrected chi connectivity index (χ0v) is 14.9. The monoisotopic (exact) mass is 379 g/mol. The number of benzene rings is 3. The van der Waals surface area contributed by atoms with Gasteiger partial charge in [-0.2, -0.15) is 0 Å². The van der Waals surface area contributed by atoms with E-state index >= 15 is 0 Å². The molecule has 27 heavy (non-hydrogen) atoms. The first kappa shape index (κ1) is 17.2. The molecule has 0 amide bonds. The lowest BCUT2D eigenvalue weighted by atomic mass is 10.2. The van der Waals surface area contributed by atoms with E-state index in [0.717, 1.165) is 0 Å². The quantitative estimate of drug-likeness (QED) is 0.521. The van der Waals surface area contributed by atoms with Crippen LogP contribution in [-0.4, -0.2) is 8.42 Å². The average molecular weight is 379 g/mol. The molecule has 0 unspecified atom stereocenters. The summed E-state index contributed by atoms with van der Waals surface area (Å²) in [5, 5.41) is 0.611. The van der Waals surface area contributed by atoms with Gasteiger partial charge in [-0.3, -0.25) is 0 Å². The summed E-state index contributed by atoms with van der Waals surface area (Å²) in [7, 11) is -3.90. The summed E-state index contributed by atoms with van der Waals surface area (Å²) in [6.07, 6.45) is 0.